The van der Waals surface area contributed by atoms with Crippen molar-refractivity contribution >= 4 is 12.2 Å². The van der Waals surface area contributed by atoms with E-state index in [0.717, 1.165) is 28.8 Å². The van der Waals surface area contributed by atoms with Crippen LogP contribution >= 0.6 is 0 Å². The molecule has 3 aromatic rings. The fourth-order valence-electron chi connectivity index (χ4n) is 4.37. The van der Waals surface area contributed by atoms with Crippen LogP contribution in [-0.4, -0.2) is 28.6 Å². The number of aromatic nitrogens is 1. The molecule has 1 fully saturated rings. The Morgan fingerprint density at radius 3 is 2.80 bits per heavy atom. The smallest absolute Gasteiger partial charge is 0.410 e. The first-order valence-corrected chi connectivity index (χ1v) is 10.1. The maximum atomic E-state index is 13.5. The number of pyridine rings is 1. The van der Waals surface area contributed by atoms with Gasteiger partial charge < -0.3 is 4.74 Å². The Bertz CT molecular complexity index is 1110. The summed E-state index contributed by atoms with van der Waals surface area (Å²) >= 11 is 0. The Morgan fingerprint density at radius 2 is 1.97 bits per heavy atom. The molecule has 2 aromatic carbocycles. The highest BCUT2D eigenvalue weighted by Crippen LogP contribution is 2.38. The lowest BCUT2D eigenvalue weighted by atomic mass is 9.81. The van der Waals surface area contributed by atoms with Crippen LogP contribution in [0.4, 0.5) is 9.18 Å². The molecule has 0 radical (unpaired) electrons. The molecule has 1 saturated heterocycles. The van der Waals surface area contributed by atoms with Crippen LogP contribution in [0.25, 0.3) is 17.2 Å². The van der Waals surface area contributed by atoms with Crippen molar-refractivity contribution in [3.63, 3.8) is 0 Å². The number of halogens is 1. The Labute approximate surface area is 174 Å². The third kappa shape index (κ3) is 3.47. The summed E-state index contributed by atoms with van der Waals surface area (Å²) in [5.74, 6) is -0.171. The molecule has 3 heterocycles. The van der Waals surface area contributed by atoms with Crippen molar-refractivity contribution in [3.8, 4) is 11.1 Å². The molecule has 0 saturated carbocycles. The second-order valence-corrected chi connectivity index (χ2v) is 7.66. The highest BCUT2D eigenvalue weighted by molar-refractivity contribution is 5.70. The van der Waals surface area contributed by atoms with Gasteiger partial charge in [0.25, 0.3) is 0 Å². The van der Waals surface area contributed by atoms with E-state index in [1.807, 2.05) is 41.3 Å². The number of hydrogen-bond donors (Lipinski definition) is 0. The predicted molar refractivity (Wildman–Crippen MR) is 113 cm³/mol. The maximum absolute atomic E-state index is 13.5. The lowest BCUT2D eigenvalue weighted by Gasteiger charge is -2.43. The molecule has 0 bridgehead atoms. The molecule has 0 spiro atoms. The zero-order valence-corrected chi connectivity index (χ0v) is 16.4. The minimum Gasteiger partial charge on any atom is -0.449 e. The molecule has 1 aromatic heterocycles. The minimum atomic E-state index is -0.261. The van der Waals surface area contributed by atoms with Gasteiger partial charge in [0.15, 0.2) is 0 Å². The quantitative estimate of drug-likeness (QED) is 0.590. The van der Waals surface area contributed by atoms with Crippen LogP contribution in [-0.2, 0) is 11.3 Å². The molecule has 150 valence electrons. The topological polar surface area (TPSA) is 42.4 Å². The first kappa shape index (κ1) is 18.6. The van der Waals surface area contributed by atoms with Gasteiger partial charge in [-0.25, -0.2) is 9.18 Å². The first-order valence-electron chi connectivity index (χ1n) is 10.1. The first-order chi connectivity index (χ1) is 14.7. The number of cyclic esters (lactones) is 1. The van der Waals surface area contributed by atoms with Gasteiger partial charge in [0, 0.05) is 36.7 Å². The molecule has 1 unspecified atom stereocenters. The Morgan fingerprint density at radius 1 is 1.07 bits per heavy atom. The summed E-state index contributed by atoms with van der Waals surface area (Å²) in [6.07, 6.45) is 6.46. The molecular weight excluding hydrogens is 379 g/mol. The van der Waals surface area contributed by atoms with Crippen molar-refractivity contribution in [2.24, 2.45) is 0 Å². The second-order valence-electron chi connectivity index (χ2n) is 7.66. The summed E-state index contributed by atoms with van der Waals surface area (Å²) in [7, 11) is 0. The number of fused-ring (bicyclic) bond motifs is 2. The second kappa shape index (κ2) is 7.75. The molecule has 4 nitrogen and oxygen atoms in total. The third-order valence-electron chi connectivity index (χ3n) is 5.86. The molecule has 2 aliphatic rings. The molecule has 5 rings (SSSR count). The van der Waals surface area contributed by atoms with E-state index in [1.54, 1.807) is 12.3 Å². The van der Waals surface area contributed by atoms with Crippen molar-refractivity contribution in [2.45, 2.75) is 24.9 Å². The molecular formula is C25H21FN2O2. The summed E-state index contributed by atoms with van der Waals surface area (Å²) in [4.78, 5) is 18.7. The predicted octanol–water partition coefficient (Wildman–Crippen LogP) is 5.41. The summed E-state index contributed by atoms with van der Waals surface area (Å²) < 4.78 is 18.7. The van der Waals surface area contributed by atoms with E-state index in [2.05, 4.69) is 23.2 Å². The van der Waals surface area contributed by atoms with Crippen LogP contribution < -0.4 is 0 Å². The lowest BCUT2D eigenvalue weighted by Crippen LogP contribution is -2.50. The Hall–Kier alpha value is -3.47. The van der Waals surface area contributed by atoms with Gasteiger partial charge in [-0.3, -0.25) is 9.88 Å². The van der Waals surface area contributed by atoms with Gasteiger partial charge in [-0.1, -0.05) is 48.5 Å². The zero-order chi connectivity index (χ0) is 20.5. The van der Waals surface area contributed by atoms with Crippen LogP contribution in [0.2, 0.25) is 0 Å². The van der Waals surface area contributed by atoms with E-state index in [4.69, 9.17) is 4.74 Å². The number of amides is 1. The number of ether oxygens (including phenoxy) is 1. The third-order valence-corrected chi connectivity index (χ3v) is 5.86. The van der Waals surface area contributed by atoms with Crippen LogP contribution in [0.1, 0.15) is 29.2 Å². The van der Waals surface area contributed by atoms with Crippen LogP contribution in [0.5, 0.6) is 0 Å². The highest BCUT2D eigenvalue weighted by Gasteiger charge is 2.39. The number of nitrogens with zero attached hydrogens (tertiary/aromatic N) is 2. The summed E-state index contributed by atoms with van der Waals surface area (Å²) in [6.45, 7) is 1.04. The zero-order valence-electron chi connectivity index (χ0n) is 16.4. The van der Waals surface area contributed by atoms with Crippen molar-refractivity contribution < 1.29 is 13.9 Å². The van der Waals surface area contributed by atoms with E-state index in [1.165, 1.54) is 17.7 Å². The van der Waals surface area contributed by atoms with Gasteiger partial charge in [-0.05, 0) is 41.0 Å². The Balaban J connectivity index is 1.43. The average molecular weight is 400 g/mol. The summed E-state index contributed by atoms with van der Waals surface area (Å²) in [5.41, 5.74) is 4.90. The van der Waals surface area contributed by atoms with E-state index >= 15 is 0 Å². The summed E-state index contributed by atoms with van der Waals surface area (Å²) in [5, 5.41) is 0. The average Bonchev–Trinajstić information content (AvgIpc) is 2.78. The minimum absolute atomic E-state index is 0.0870. The number of benzene rings is 2. The lowest BCUT2D eigenvalue weighted by molar-refractivity contribution is 0.0315. The molecule has 2 atom stereocenters. The number of hydrogen-bond acceptors (Lipinski definition) is 3. The molecule has 1 amide bonds. The van der Waals surface area contributed by atoms with E-state index in [-0.39, 0.29) is 23.9 Å². The van der Waals surface area contributed by atoms with Crippen molar-refractivity contribution in [3.05, 3.63) is 95.6 Å². The van der Waals surface area contributed by atoms with Gasteiger partial charge in [0.05, 0.1) is 12.3 Å². The normalized spacial score (nSPS) is 20.6. The largest absolute Gasteiger partial charge is 0.449 e. The number of rotatable bonds is 3. The van der Waals surface area contributed by atoms with E-state index in [0.29, 0.717) is 13.2 Å². The fraction of sp³-hybridized carbons (Fsp3) is 0.200. The van der Waals surface area contributed by atoms with Crippen LogP contribution in [0.15, 0.2) is 72.9 Å². The standard InChI is InChI=1S/C25H21FN2O2/c26-20-6-3-5-17(14-20)18-8-9-21(27-15-18)10-11-23-22-7-2-1-4-19(22)16-28-24(23)12-13-30-25(28)29/h1-11,14-15,23-24H,12-13,16H2/t23?,24-/m1/s1. The van der Waals surface area contributed by atoms with Gasteiger partial charge >= 0.3 is 6.09 Å². The highest BCUT2D eigenvalue weighted by atomic mass is 19.1. The molecule has 2 aliphatic heterocycles. The van der Waals surface area contributed by atoms with Gasteiger partial charge in [0.1, 0.15) is 5.82 Å². The summed E-state index contributed by atoms with van der Waals surface area (Å²) in [6, 6.07) is 18.7. The van der Waals surface area contributed by atoms with E-state index < -0.39 is 0 Å². The Kier molecular flexibility index (Phi) is 4.79. The van der Waals surface area contributed by atoms with Gasteiger partial charge in [-0.15, -0.1) is 0 Å². The maximum Gasteiger partial charge on any atom is 0.410 e. The van der Waals surface area contributed by atoms with Crippen LogP contribution in [0.3, 0.4) is 0 Å². The molecule has 5 heteroatoms. The van der Waals surface area contributed by atoms with Crippen molar-refractivity contribution in [2.75, 3.05) is 6.61 Å². The molecule has 30 heavy (non-hydrogen) atoms. The molecule has 0 aliphatic carbocycles. The van der Waals surface area contributed by atoms with E-state index in [9.17, 15) is 9.18 Å². The van der Waals surface area contributed by atoms with Crippen molar-refractivity contribution in [1.29, 1.82) is 0 Å². The van der Waals surface area contributed by atoms with Crippen LogP contribution in [0, 0.1) is 5.82 Å². The van der Waals surface area contributed by atoms with Crippen molar-refractivity contribution in [1.82, 2.24) is 9.88 Å². The molecule has 0 N–H and O–H groups in total. The van der Waals surface area contributed by atoms with Gasteiger partial charge in [-0.2, -0.15) is 0 Å². The fourth-order valence-corrected chi connectivity index (χ4v) is 4.37. The SMILES string of the molecule is O=C1OCC[C@@H]2C(C=Cc3ccc(-c4cccc(F)c4)cn3)c3ccccc3CN12. The number of carbonyl (C=O) groups is 1. The van der Waals surface area contributed by atoms with Gasteiger partial charge in [0.2, 0.25) is 0 Å². The monoisotopic (exact) mass is 400 g/mol. The number of carbonyl (C=O) groups excluding carboxylic acids is 1.